The monoisotopic (exact) mass is 294 g/mol. The van der Waals surface area contributed by atoms with Gasteiger partial charge in [-0.2, -0.15) is 0 Å². The van der Waals surface area contributed by atoms with Crippen LogP contribution in [0.5, 0.6) is 5.75 Å². The quantitative estimate of drug-likeness (QED) is 0.732. The van der Waals surface area contributed by atoms with Crippen LogP contribution >= 0.6 is 0 Å². The molecule has 0 heterocycles. The highest BCUT2D eigenvalue weighted by Gasteiger charge is 2.16. The topological polar surface area (TPSA) is 49.7 Å². The molecular formula is C18H30O3. The van der Waals surface area contributed by atoms with E-state index in [9.17, 15) is 10.2 Å². The summed E-state index contributed by atoms with van der Waals surface area (Å²) in [7, 11) is 0. The zero-order chi connectivity index (χ0) is 15.8. The number of aryl methyl sites for hydroxylation is 2. The van der Waals surface area contributed by atoms with Crippen molar-refractivity contribution in [3.63, 3.8) is 0 Å². The molecule has 1 aromatic carbocycles. The van der Waals surface area contributed by atoms with Crippen molar-refractivity contribution in [1.29, 1.82) is 0 Å². The fraction of sp³-hybridized carbons (Fsp3) is 0.667. The van der Waals surface area contributed by atoms with Gasteiger partial charge in [0, 0.05) is 0 Å². The van der Waals surface area contributed by atoms with Crippen LogP contribution in [-0.2, 0) is 6.42 Å². The van der Waals surface area contributed by atoms with Gasteiger partial charge in [0.25, 0.3) is 0 Å². The molecule has 0 fully saturated rings. The fourth-order valence-corrected chi connectivity index (χ4v) is 2.62. The number of ether oxygens (including phenoxy) is 1. The Kier molecular flexibility index (Phi) is 7.76. The van der Waals surface area contributed by atoms with Gasteiger partial charge in [-0.05, 0) is 68.4 Å². The Labute approximate surface area is 129 Å². The first kappa shape index (κ1) is 18.0. The first-order chi connectivity index (χ1) is 9.99. The molecule has 2 atom stereocenters. The lowest BCUT2D eigenvalue weighted by Gasteiger charge is -2.19. The summed E-state index contributed by atoms with van der Waals surface area (Å²) in [6.07, 6.45) is 2.68. The van der Waals surface area contributed by atoms with Gasteiger partial charge in [0.2, 0.25) is 0 Å². The Bertz CT molecular complexity index is 405. The van der Waals surface area contributed by atoms with Gasteiger partial charge in [0.15, 0.2) is 0 Å². The Hall–Kier alpha value is -1.06. The number of hydrogen-bond acceptors (Lipinski definition) is 3. The molecule has 0 aliphatic heterocycles. The Morgan fingerprint density at radius 2 is 1.52 bits per heavy atom. The van der Waals surface area contributed by atoms with Gasteiger partial charge in [0.05, 0.1) is 18.8 Å². The summed E-state index contributed by atoms with van der Waals surface area (Å²) < 4.78 is 5.68. The summed E-state index contributed by atoms with van der Waals surface area (Å²) in [5.41, 5.74) is 3.64. The van der Waals surface area contributed by atoms with Crippen LogP contribution < -0.4 is 4.74 Å². The molecule has 2 N–H and O–H groups in total. The zero-order valence-electron chi connectivity index (χ0n) is 13.9. The van der Waals surface area contributed by atoms with E-state index in [1.54, 1.807) is 0 Å². The molecule has 0 aromatic heterocycles. The Morgan fingerprint density at radius 1 is 0.952 bits per heavy atom. The third-order valence-electron chi connectivity index (χ3n) is 3.86. The molecule has 0 bridgehead atoms. The second kappa shape index (κ2) is 9.06. The lowest BCUT2D eigenvalue weighted by Crippen LogP contribution is -2.26. The van der Waals surface area contributed by atoms with E-state index in [1.165, 1.54) is 16.7 Å². The SMILES string of the molecule is CCCOc1cc(C)c(CCC(O)C(O)CCC)c(C)c1. The van der Waals surface area contributed by atoms with Crippen molar-refractivity contribution in [3.8, 4) is 5.75 Å². The summed E-state index contributed by atoms with van der Waals surface area (Å²) >= 11 is 0. The van der Waals surface area contributed by atoms with Crippen LogP contribution in [0.25, 0.3) is 0 Å². The summed E-state index contributed by atoms with van der Waals surface area (Å²) in [6.45, 7) is 9.00. The average Bonchev–Trinajstić information content (AvgIpc) is 2.44. The number of benzene rings is 1. The van der Waals surface area contributed by atoms with Crippen molar-refractivity contribution in [2.24, 2.45) is 0 Å². The number of aliphatic hydroxyl groups is 2. The molecule has 3 heteroatoms. The van der Waals surface area contributed by atoms with Crippen molar-refractivity contribution in [2.75, 3.05) is 6.61 Å². The second-order valence-corrected chi connectivity index (χ2v) is 5.85. The third kappa shape index (κ3) is 5.68. The van der Waals surface area contributed by atoms with E-state index in [4.69, 9.17) is 4.74 Å². The van der Waals surface area contributed by atoms with Crippen LogP contribution in [0.15, 0.2) is 12.1 Å². The normalized spacial score (nSPS) is 14.0. The second-order valence-electron chi connectivity index (χ2n) is 5.85. The summed E-state index contributed by atoms with van der Waals surface area (Å²) in [4.78, 5) is 0. The molecule has 120 valence electrons. The van der Waals surface area contributed by atoms with E-state index in [0.717, 1.165) is 31.6 Å². The lowest BCUT2D eigenvalue weighted by atomic mass is 9.95. The van der Waals surface area contributed by atoms with Crippen molar-refractivity contribution in [1.82, 2.24) is 0 Å². The molecule has 1 aromatic rings. The van der Waals surface area contributed by atoms with E-state index < -0.39 is 12.2 Å². The Morgan fingerprint density at radius 3 is 2.05 bits per heavy atom. The molecule has 21 heavy (non-hydrogen) atoms. The maximum atomic E-state index is 9.99. The highest BCUT2D eigenvalue weighted by molar-refractivity contribution is 5.41. The fourth-order valence-electron chi connectivity index (χ4n) is 2.62. The average molecular weight is 294 g/mol. The predicted octanol–water partition coefficient (Wildman–Crippen LogP) is 3.55. The van der Waals surface area contributed by atoms with Crippen molar-refractivity contribution in [2.45, 2.75) is 72.0 Å². The van der Waals surface area contributed by atoms with Crippen LogP contribution in [0.3, 0.4) is 0 Å². The Balaban J connectivity index is 2.67. The zero-order valence-corrected chi connectivity index (χ0v) is 13.9. The van der Waals surface area contributed by atoms with Gasteiger partial charge in [-0.1, -0.05) is 20.3 Å². The van der Waals surface area contributed by atoms with E-state index in [1.807, 2.05) is 6.92 Å². The minimum absolute atomic E-state index is 0.595. The van der Waals surface area contributed by atoms with Gasteiger partial charge in [0.1, 0.15) is 5.75 Å². The predicted molar refractivity (Wildman–Crippen MR) is 86.9 cm³/mol. The van der Waals surface area contributed by atoms with Crippen LogP contribution in [0.2, 0.25) is 0 Å². The molecule has 0 amide bonds. The van der Waals surface area contributed by atoms with Crippen molar-refractivity contribution >= 4 is 0 Å². The molecular weight excluding hydrogens is 264 g/mol. The van der Waals surface area contributed by atoms with Gasteiger partial charge in [-0.3, -0.25) is 0 Å². The van der Waals surface area contributed by atoms with Gasteiger partial charge < -0.3 is 14.9 Å². The van der Waals surface area contributed by atoms with Crippen LogP contribution in [0.4, 0.5) is 0 Å². The molecule has 3 nitrogen and oxygen atoms in total. The minimum atomic E-state index is -0.639. The summed E-state index contributed by atoms with van der Waals surface area (Å²) in [6, 6.07) is 4.12. The van der Waals surface area contributed by atoms with Crippen LogP contribution in [0, 0.1) is 13.8 Å². The van der Waals surface area contributed by atoms with E-state index in [0.29, 0.717) is 12.8 Å². The molecule has 1 rings (SSSR count). The first-order valence-corrected chi connectivity index (χ1v) is 8.08. The highest BCUT2D eigenvalue weighted by atomic mass is 16.5. The molecule has 2 unspecified atom stereocenters. The molecule has 0 saturated heterocycles. The molecule has 0 aliphatic rings. The largest absolute Gasteiger partial charge is 0.494 e. The van der Waals surface area contributed by atoms with Crippen LogP contribution in [-0.4, -0.2) is 29.0 Å². The van der Waals surface area contributed by atoms with E-state index in [-0.39, 0.29) is 0 Å². The van der Waals surface area contributed by atoms with Crippen molar-refractivity contribution < 1.29 is 14.9 Å². The molecule has 0 aliphatic carbocycles. The van der Waals surface area contributed by atoms with E-state index >= 15 is 0 Å². The van der Waals surface area contributed by atoms with E-state index in [2.05, 4.69) is 32.9 Å². The van der Waals surface area contributed by atoms with Gasteiger partial charge in [-0.15, -0.1) is 0 Å². The number of hydrogen-bond donors (Lipinski definition) is 2. The van der Waals surface area contributed by atoms with Crippen molar-refractivity contribution in [3.05, 3.63) is 28.8 Å². The number of aliphatic hydroxyl groups excluding tert-OH is 2. The molecule has 0 spiro atoms. The maximum absolute atomic E-state index is 9.99. The standard InChI is InChI=1S/C18H30O3/c1-5-7-17(19)18(20)9-8-16-13(3)11-15(12-14(16)4)21-10-6-2/h11-12,17-20H,5-10H2,1-4H3. The maximum Gasteiger partial charge on any atom is 0.119 e. The molecule has 0 saturated carbocycles. The highest BCUT2D eigenvalue weighted by Crippen LogP contribution is 2.24. The third-order valence-corrected chi connectivity index (χ3v) is 3.86. The smallest absolute Gasteiger partial charge is 0.119 e. The van der Waals surface area contributed by atoms with Gasteiger partial charge >= 0.3 is 0 Å². The summed E-state index contributed by atoms with van der Waals surface area (Å²) in [5.74, 6) is 0.919. The van der Waals surface area contributed by atoms with Crippen LogP contribution in [0.1, 0.15) is 56.2 Å². The minimum Gasteiger partial charge on any atom is -0.494 e. The molecule has 0 radical (unpaired) electrons. The lowest BCUT2D eigenvalue weighted by molar-refractivity contribution is 0.00977. The van der Waals surface area contributed by atoms with Gasteiger partial charge in [-0.25, -0.2) is 0 Å². The summed E-state index contributed by atoms with van der Waals surface area (Å²) in [5, 5.41) is 19.8. The first-order valence-electron chi connectivity index (χ1n) is 8.08. The number of rotatable bonds is 9.